The van der Waals surface area contributed by atoms with Crippen LogP contribution in [0, 0.1) is 0 Å². The summed E-state index contributed by atoms with van der Waals surface area (Å²) in [6.07, 6.45) is 42.5. The van der Waals surface area contributed by atoms with Crippen LogP contribution in [0.2, 0.25) is 0 Å². The van der Waals surface area contributed by atoms with Crippen molar-refractivity contribution in [3.05, 3.63) is 12.4 Å². The summed E-state index contributed by atoms with van der Waals surface area (Å²) in [7, 11) is 0. The first-order valence-corrected chi connectivity index (χ1v) is 17.0. The van der Waals surface area contributed by atoms with Crippen molar-refractivity contribution >= 4 is 0 Å². The standard InChI is InChI=1S/C34H68N2/c1-4-7-10-12-14-15-16-17-18-19-20-21-22-24-26-28-31-36-33-32-35(34(36)29-9-6-3)30-27-25-23-13-11-8-5-2/h32-34H,4-31H2,1-3H3. The smallest absolute Gasteiger partial charge is 0.101 e. The molecule has 0 fully saturated rings. The van der Waals surface area contributed by atoms with Gasteiger partial charge in [-0.2, -0.15) is 0 Å². The van der Waals surface area contributed by atoms with E-state index >= 15 is 0 Å². The SMILES string of the molecule is CCCCCCCCCCCCCCCCCCN1C=CN(CCCCCCCCC)C1CCCC. The van der Waals surface area contributed by atoms with Crippen LogP contribution in [0.25, 0.3) is 0 Å². The third-order valence-electron chi connectivity index (χ3n) is 8.32. The molecule has 0 saturated carbocycles. The lowest BCUT2D eigenvalue weighted by Crippen LogP contribution is -2.39. The summed E-state index contributed by atoms with van der Waals surface area (Å²) in [6.45, 7) is 9.47. The molecule has 0 spiro atoms. The molecular formula is C34H68N2. The maximum atomic E-state index is 2.67. The number of rotatable bonds is 28. The van der Waals surface area contributed by atoms with E-state index in [2.05, 4.69) is 43.0 Å². The van der Waals surface area contributed by atoms with E-state index < -0.39 is 0 Å². The molecule has 0 aromatic rings. The highest BCUT2D eigenvalue weighted by Gasteiger charge is 2.24. The van der Waals surface area contributed by atoms with Crippen LogP contribution in [0.5, 0.6) is 0 Å². The predicted octanol–water partition coefficient (Wildman–Crippen LogP) is 11.6. The maximum absolute atomic E-state index is 2.67. The molecule has 1 aliphatic rings. The zero-order valence-corrected chi connectivity index (χ0v) is 25.4. The van der Waals surface area contributed by atoms with Crippen LogP contribution < -0.4 is 0 Å². The van der Waals surface area contributed by atoms with Crippen LogP contribution in [0.4, 0.5) is 0 Å². The van der Waals surface area contributed by atoms with Gasteiger partial charge >= 0.3 is 0 Å². The van der Waals surface area contributed by atoms with Gasteiger partial charge in [0.05, 0.1) is 0 Å². The topological polar surface area (TPSA) is 6.48 Å². The lowest BCUT2D eigenvalue weighted by Gasteiger charge is -2.33. The molecule has 1 rings (SSSR count). The Kier molecular flexibility index (Phi) is 24.1. The Bertz CT molecular complexity index is 460. The Morgan fingerprint density at radius 1 is 0.361 bits per heavy atom. The molecule has 1 atom stereocenters. The maximum Gasteiger partial charge on any atom is 0.101 e. The molecule has 0 radical (unpaired) electrons. The Balaban J connectivity index is 1.99. The van der Waals surface area contributed by atoms with Gasteiger partial charge in [-0.1, -0.05) is 162 Å². The molecule has 214 valence electrons. The van der Waals surface area contributed by atoms with Crippen LogP contribution in [0.1, 0.15) is 188 Å². The summed E-state index contributed by atoms with van der Waals surface area (Å²) < 4.78 is 0. The second-order valence-corrected chi connectivity index (χ2v) is 11.8. The first-order valence-electron chi connectivity index (χ1n) is 17.0. The van der Waals surface area contributed by atoms with Crippen LogP contribution in [-0.4, -0.2) is 29.1 Å². The lowest BCUT2D eigenvalue weighted by molar-refractivity contribution is 0.136. The van der Waals surface area contributed by atoms with Crippen molar-refractivity contribution in [3.8, 4) is 0 Å². The average molecular weight is 505 g/mol. The molecular weight excluding hydrogens is 436 g/mol. The highest BCUT2D eigenvalue weighted by molar-refractivity contribution is 4.96. The average Bonchev–Trinajstić information content (AvgIpc) is 3.27. The van der Waals surface area contributed by atoms with E-state index in [9.17, 15) is 0 Å². The van der Waals surface area contributed by atoms with Gasteiger partial charge < -0.3 is 9.80 Å². The molecule has 1 unspecified atom stereocenters. The van der Waals surface area contributed by atoms with Crippen LogP contribution >= 0.6 is 0 Å². The van der Waals surface area contributed by atoms with E-state index in [1.54, 1.807) is 0 Å². The van der Waals surface area contributed by atoms with Gasteiger partial charge in [0.25, 0.3) is 0 Å². The van der Waals surface area contributed by atoms with Crippen molar-refractivity contribution in [2.75, 3.05) is 13.1 Å². The van der Waals surface area contributed by atoms with Crippen LogP contribution in [0.15, 0.2) is 12.4 Å². The Morgan fingerprint density at radius 3 is 0.944 bits per heavy atom. The second kappa shape index (κ2) is 26.0. The van der Waals surface area contributed by atoms with Crippen LogP contribution in [0.3, 0.4) is 0 Å². The van der Waals surface area contributed by atoms with Crippen molar-refractivity contribution in [1.82, 2.24) is 9.80 Å². The summed E-state index contributed by atoms with van der Waals surface area (Å²) in [4.78, 5) is 5.33. The molecule has 0 aromatic carbocycles. The molecule has 0 aromatic heterocycles. The van der Waals surface area contributed by atoms with Gasteiger partial charge in [0.2, 0.25) is 0 Å². The van der Waals surface area contributed by atoms with Gasteiger partial charge in [-0.15, -0.1) is 0 Å². The molecule has 36 heavy (non-hydrogen) atoms. The fourth-order valence-electron chi connectivity index (χ4n) is 5.82. The van der Waals surface area contributed by atoms with Gasteiger partial charge in [0, 0.05) is 25.5 Å². The van der Waals surface area contributed by atoms with Gasteiger partial charge in [-0.25, -0.2) is 0 Å². The minimum atomic E-state index is 0.640. The van der Waals surface area contributed by atoms with E-state index in [0.29, 0.717) is 6.17 Å². The Hall–Kier alpha value is -0.660. The molecule has 1 heterocycles. The summed E-state index contributed by atoms with van der Waals surface area (Å²) in [6, 6.07) is 0. The molecule has 2 nitrogen and oxygen atoms in total. The Labute approximate surface area is 229 Å². The largest absolute Gasteiger partial charge is 0.356 e. The molecule has 0 amide bonds. The summed E-state index contributed by atoms with van der Waals surface area (Å²) in [5, 5.41) is 0. The summed E-state index contributed by atoms with van der Waals surface area (Å²) in [5.41, 5.74) is 0. The van der Waals surface area contributed by atoms with E-state index in [-0.39, 0.29) is 0 Å². The van der Waals surface area contributed by atoms with Crippen LogP contribution in [-0.2, 0) is 0 Å². The fraction of sp³-hybridized carbons (Fsp3) is 0.941. The van der Waals surface area contributed by atoms with Gasteiger partial charge in [0.1, 0.15) is 6.17 Å². The normalized spacial score (nSPS) is 15.5. The summed E-state index contributed by atoms with van der Waals surface area (Å²) >= 11 is 0. The van der Waals surface area contributed by atoms with Crippen molar-refractivity contribution < 1.29 is 0 Å². The molecule has 0 saturated heterocycles. The third-order valence-corrected chi connectivity index (χ3v) is 8.32. The highest BCUT2D eigenvalue weighted by Crippen LogP contribution is 2.23. The summed E-state index contributed by atoms with van der Waals surface area (Å²) in [5.74, 6) is 0. The first kappa shape index (κ1) is 33.4. The number of hydrogen-bond donors (Lipinski definition) is 0. The second-order valence-electron chi connectivity index (χ2n) is 11.8. The zero-order valence-electron chi connectivity index (χ0n) is 25.4. The predicted molar refractivity (Wildman–Crippen MR) is 163 cm³/mol. The van der Waals surface area contributed by atoms with Gasteiger partial charge in [0.15, 0.2) is 0 Å². The molecule has 0 bridgehead atoms. The van der Waals surface area contributed by atoms with E-state index in [0.717, 1.165) is 0 Å². The molecule has 0 aliphatic carbocycles. The van der Waals surface area contributed by atoms with E-state index in [1.165, 1.54) is 180 Å². The quantitative estimate of drug-likeness (QED) is 0.0977. The van der Waals surface area contributed by atoms with Gasteiger partial charge in [-0.3, -0.25) is 0 Å². The lowest BCUT2D eigenvalue weighted by atomic mass is 10.0. The minimum Gasteiger partial charge on any atom is -0.356 e. The number of unbranched alkanes of at least 4 members (excludes halogenated alkanes) is 22. The zero-order chi connectivity index (χ0) is 25.9. The van der Waals surface area contributed by atoms with Crippen molar-refractivity contribution in [3.63, 3.8) is 0 Å². The number of nitrogens with zero attached hydrogens (tertiary/aromatic N) is 2. The van der Waals surface area contributed by atoms with Gasteiger partial charge in [-0.05, 0) is 25.7 Å². The third kappa shape index (κ3) is 18.6. The molecule has 2 heteroatoms. The fourth-order valence-corrected chi connectivity index (χ4v) is 5.82. The first-order chi connectivity index (χ1) is 17.8. The highest BCUT2D eigenvalue weighted by atomic mass is 15.4. The minimum absolute atomic E-state index is 0.640. The molecule has 0 N–H and O–H groups in total. The monoisotopic (exact) mass is 505 g/mol. The van der Waals surface area contributed by atoms with Crippen molar-refractivity contribution in [1.29, 1.82) is 0 Å². The van der Waals surface area contributed by atoms with Crippen molar-refractivity contribution in [2.45, 2.75) is 194 Å². The Morgan fingerprint density at radius 2 is 0.639 bits per heavy atom. The number of hydrogen-bond acceptors (Lipinski definition) is 2. The van der Waals surface area contributed by atoms with Crippen molar-refractivity contribution in [2.24, 2.45) is 0 Å². The van der Waals surface area contributed by atoms with E-state index in [4.69, 9.17) is 0 Å². The van der Waals surface area contributed by atoms with E-state index in [1.807, 2.05) is 0 Å². The molecule has 1 aliphatic heterocycles.